The number of hydrogen-bond acceptors (Lipinski definition) is 4. The van der Waals surface area contributed by atoms with Crippen molar-refractivity contribution < 1.29 is 14.3 Å². The summed E-state index contributed by atoms with van der Waals surface area (Å²) in [5.74, 6) is 0.377. The molecule has 2 aliphatic rings. The third kappa shape index (κ3) is 4.62. The van der Waals surface area contributed by atoms with Gasteiger partial charge < -0.3 is 15.0 Å². The predicted octanol–water partition coefficient (Wildman–Crippen LogP) is 1.81. The fourth-order valence-electron chi connectivity index (χ4n) is 3.72. The number of rotatable bonds is 4. The number of nitrogens with zero attached hydrogens (tertiary/aromatic N) is 2. The molecular weight excluding hydrogens is 330 g/mol. The summed E-state index contributed by atoms with van der Waals surface area (Å²) in [4.78, 5) is 29.0. The maximum Gasteiger partial charge on any atom is 0.238 e. The topological polar surface area (TPSA) is 61.9 Å². The minimum Gasteiger partial charge on any atom is -0.381 e. The molecule has 0 spiro atoms. The fraction of sp³-hybridized carbons (Fsp3) is 0.600. The molecule has 0 saturated carbocycles. The van der Waals surface area contributed by atoms with E-state index in [1.165, 1.54) is 0 Å². The van der Waals surface area contributed by atoms with Gasteiger partial charge in [-0.25, -0.2) is 0 Å². The van der Waals surface area contributed by atoms with Crippen molar-refractivity contribution in [3.63, 3.8) is 0 Å². The average Bonchev–Trinajstić information content (AvgIpc) is 2.66. The van der Waals surface area contributed by atoms with Crippen LogP contribution in [-0.2, 0) is 14.3 Å². The molecule has 2 aliphatic heterocycles. The van der Waals surface area contributed by atoms with E-state index in [1.54, 1.807) is 0 Å². The van der Waals surface area contributed by atoms with Crippen LogP contribution in [0.1, 0.15) is 24.0 Å². The van der Waals surface area contributed by atoms with Gasteiger partial charge in [0.25, 0.3) is 0 Å². The first-order valence-electron chi connectivity index (χ1n) is 9.49. The summed E-state index contributed by atoms with van der Waals surface area (Å²) in [5.41, 5.74) is 3.06. The zero-order chi connectivity index (χ0) is 18.5. The van der Waals surface area contributed by atoms with Crippen LogP contribution in [0.25, 0.3) is 0 Å². The van der Waals surface area contributed by atoms with Gasteiger partial charge in [0.2, 0.25) is 11.8 Å². The molecule has 3 rings (SSSR count). The van der Waals surface area contributed by atoms with Gasteiger partial charge in [-0.3, -0.25) is 14.5 Å². The molecule has 2 amide bonds. The molecular formula is C20H29N3O3. The second-order valence-corrected chi connectivity index (χ2v) is 7.30. The van der Waals surface area contributed by atoms with Gasteiger partial charge in [0, 0.05) is 51.0 Å². The number of amides is 2. The van der Waals surface area contributed by atoms with E-state index >= 15 is 0 Å². The molecule has 0 aliphatic carbocycles. The van der Waals surface area contributed by atoms with Crippen molar-refractivity contribution in [3.8, 4) is 0 Å². The maximum atomic E-state index is 12.6. The molecule has 0 bridgehead atoms. The normalized spacial score (nSPS) is 19.4. The van der Waals surface area contributed by atoms with Gasteiger partial charge in [-0.15, -0.1) is 0 Å². The maximum absolute atomic E-state index is 12.6. The Morgan fingerprint density at radius 1 is 1.08 bits per heavy atom. The summed E-state index contributed by atoms with van der Waals surface area (Å²) in [5, 5.41) is 3.04. The van der Waals surface area contributed by atoms with E-state index in [2.05, 4.69) is 10.2 Å². The lowest BCUT2D eigenvalue weighted by Gasteiger charge is -2.36. The first-order chi connectivity index (χ1) is 12.5. The Kier molecular flexibility index (Phi) is 6.27. The van der Waals surface area contributed by atoms with Gasteiger partial charge >= 0.3 is 0 Å². The number of para-hydroxylation sites is 1. The van der Waals surface area contributed by atoms with Crippen LogP contribution in [0.2, 0.25) is 0 Å². The molecule has 1 aromatic rings. The van der Waals surface area contributed by atoms with E-state index in [0.717, 1.165) is 42.7 Å². The van der Waals surface area contributed by atoms with E-state index in [0.29, 0.717) is 32.8 Å². The number of carbonyl (C=O) groups excluding carboxylic acids is 2. The molecule has 0 aromatic heterocycles. The lowest BCUT2D eigenvalue weighted by molar-refractivity contribution is -0.140. The van der Waals surface area contributed by atoms with Crippen molar-refractivity contribution in [1.29, 1.82) is 0 Å². The van der Waals surface area contributed by atoms with Crippen molar-refractivity contribution >= 4 is 17.5 Å². The number of ether oxygens (including phenoxy) is 1. The molecule has 26 heavy (non-hydrogen) atoms. The van der Waals surface area contributed by atoms with E-state index < -0.39 is 0 Å². The summed E-state index contributed by atoms with van der Waals surface area (Å²) in [7, 11) is 0. The highest BCUT2D eigenvalue weighted by atomic mass is 16.5. The molecule has 6 heteroatoms. The Morgan fingerprint density at radius 2 is 1.69 bits per heavy atom. The van der Waals surface area contributed by atoms with Crippen molar-refractivity contribution in [2.45, 2.75) is 26.7 Å². The molecule has 0 radical (unpaired) electrons. The third-order valence-corrected chi connectivity index (χ3v) is 5.37. The lowest BCUT2D eigenvalue weighted by atomic mass is 9.98. The number of hydrogen-bond donors (Lipinski definition) is 1. The van der Waals surface area contributed by atoms with Crippen LogP contribution in [0, 0.1) is 19.8 Å². The predicted molar refractivity (Wildman–Crippen MR) is 101 cm³/mol. The van der Waals surface area contributed by atoms with Crippen LogP contribution in [0.4, 0.5) is 5.69 Å². The largest absolute Gasteiger partial charge is 0.381 e. The van der Waals surface area contributed by atoms with Crippen LogP contribution in [0.3, 0.4) is 0 Å². The van der Waals surface area contributed by atoms with Crippen LogP contribution < -0.4 is 5.32 Å². The number of aryl methyl sites for hydroxylation is 2. The number of benzene rings is 1. The Morgan fingerprint density at radius 3 is 2.31 bits per heavy atom. The van der Waals surface area contributed by atoms with Gasteiger partial charge in [0.1, 0.15) is 0 Å². The summed E-state index contributed by atoms with van der Waals surface area (Å²) >= 11 is 0. The molecule has 0 atom stereocenters. The summed E-state index contributed by atoms with van der Waals surface area (Å²) in [6.07, 6.45) is 1.66. The molecule has 1 N–H and O–H groups in total. The molecule has 2 heterocycles. The highest BCUT2D eigenvalue weighted by Crippen LogP contribution is 2.20. The minimum atomic E-state index is 0.00612. The van der Waals surface area contributed by atoms with Crippen molar-refractivity contribution in [2.75, 3.05) is 51.3 Å². The Balaban J connectivity index is 1.46. The van der Waals surface area contributed by atoms with Gasteiger partial charge in [-0.1, -0.05) is 18.2 Å². The monoisotopic (exact) mass is 359 g/mol. The molecule has 1 aromatic carbocycles. The number of piperazine rings is 1. The summed E-state index contributed by atoms with van der Waals surface area (Å²) in [6, 6.07) is 6.00. The molecule has 2 fully saturated rings. The van der Waals surface area contributed by atoms with E-state index in [-0.39, 0.29) is 17.7 Å². The van der Waals surface area contributed by atoms with E-state index in [1.807, 2.05) is 36.9 Å². The minimum absolute atomic E-state index is 0.00612. The van der Waals surface area contributed by atoms with Crippen LogP contribution in [0.5, 0.6) is 0 Å². The second-order valence-electron chi connectivity index (χ2n) is 7.30. The molecule has 142 valence electrons. The van der Waals surface area contributed by atoms with Crippen molar-refractivity contribution in [1.82, 2.24) is 9.80 Å². The lowest BCUT2D eigenvalue weighted by Crippen LogP contribution is -2.52. The Labute approximate surface area is 155 Å². The van der Waals surface area contributed by atoms with Crippen molar-refractivity contribution in [3.05, 3.63) is 29.3 Å². The van der Waals surface area contributed by atoms with Crippen molar-refractivity contribution in [2.24, 2.45) is 5.92 Å². The highest BCUT2D eigenvalue weighted by Gasteiger charge is 2.29. The van der Waals surface area contributed by atoms with Crippen LogP contribution >= 0.6 is 0 Å². The highest BCUT2D eigenvalue weighted by molar-refractivity contribution is 5.93. The average molecular weight is 359 g/mol. The van der Waals surface area contributed by atoms with Gasteiger partial charge in [0.15, 0.2) is 0 Å². The summed E-state index contributed by atoms with van der Waals surface area (Å²) < 4.78 is 5.34. The SMILES string of the molecule is Cc1cccc(C)c1NC(=O)CN1CCN(C(=O)C2CCOCC2)CC1. The first-order valence-corrected chi connectivity index (χ1v) is 9.49. The second kappa shape index (κ2) is 8.64. The van der Waals surface area contributed by atoms with Crippen LogP contribution in [0.15, 0.2) is 18.2 Å². The first kappa shape index (κ1) is 18.9. The number of nitrogens with one attached hydrogen (secondary N) is 1. The standard InChI is InChI=1S/C20H29N3O3/c1-15-4-3-5-16(2)19(15)21-18(24)14-22-8-10-23(11-9-22)20(25)17-6-12-26-13-7-17/h3-5,17H,6-14H2,1-2H3,(H,21,24). The molecule has 6 nitrogen and oxygen atoms in total. The molecule has 0 unspecified atom stereocenters. The van der Waals surface area contributed by atoms with Gasteiger partial charge in [0.05, 0.1) is 6.54 Å². The third-order valence-electron chi connectivity index (χ3n) is 5.37. The van der Waals surface area contributed by atoms with Gasteiger partial charge in [-0.05, 0) is 37.8 Å². The fourth-order valence-corrected chi connectivity index (χ4v) is 3.72. The van der Waals surface area contributed by atoms with Gasteiger partial charge in [-0.2, -0.15) is 0 Å². The number of carbonyl (C=O) groups is 2. The summed E-state index contributed by atoms with van der Waals surface area (Å²) in [6.45, 7) is 8.65. The number of anilines is 1. The smallest absolute Gasteiger partial charge is 0.238 e. The molecule has 2 saturated heterocycles. The van der Waals surface area contributed by atoms with Crippen LogP contribution in [-0.4, -0.2) is 67.6 Å². The zero-order valence-electron chi connectivity index (χ0n) is 15.8. The zero-order valence-corrected chi connectivity index (χ0v) is 15.8. The quantitative estimate of drug-likeness (QED) is 0.891. The van der Waals surface area contributed by atoms with E-state index in [4.69, 9.17) is 4.74 Å². The van der Waals surface area contributed by atoms with E-state index in [9.17, 15) is 9.59 Å². The Bertz CT molecular complexity index is 627. The Hall–Kier alpha value is -1.92.